The minimum absolute atomic E-state index is 0.0533. The summed E-state index contributed by atoms with van der Waals surface area (Å²) in [6, 6.07) is 0.242. The largest absolute Gasteiger partial charge is 0.378 e. The third-order valence-corrected chi connectivity index (χ3v) is 4.96. The standard InChI is InChI=1S/C14H26N2O3/c1-10-2-3-12(19-10)13(16-15)11-4-6-18-14(8-11)5-7-17-9-14/h10-13,16H,2-9,15H2,1H3. The van der Waals surface area contributed by atoms with E-state index in [9.17, 15) is 0 Å². The van der Waals surface area contributed by atoms with Gasteiger partial charge in [-0.15, -0.1) is 0 Å². The molecule has 3 aliphatic rings. The van der Waals surface area contributed by atoms with Crippen LogP contribution in [-0.2, 0) is 14.2 Å². The molecule has 0 radical (unpaired) electrons. The SMILES string of the molecule is CC1CCC(C(NN)C2CCOC3(CCOC3)C2)O1. The molecule has 3 fully saturated rings. The van der Waals surface area contributed by atoms with Gasteiger partial charge in [0.15, 0.2) is 0 Å². The zero-order chi connectivity index (χ0) is 13.3. The van der Waals surface area contributed by atoms with E-state index in [-0.39, 0.29) is 17.7 Å². The Labute approximate surface area is 115 Å². The lowest BCUT2D eigenvalue weighted by atomic mass is 9.79. The number of ether oxygens (including phenoxy) is 3. The molecule has 0 saturated carbocycles. The van der Waals surface area contributed by atoms with Crippen LogP contribution in [0.1, 0.15) is 39.0 Å². The molecule has 5 unspecified atom stereocenters. The lowest BCUT2D eigenvalue weighted by Crippen LogP contribution is -2.53. The molecule has 0 aromatic rings. The van der Waals surface area contributed by atoms with Crippen LogP contribution in [0, 0.1) is 5.92 Å². The smallest absolute Gasteiger partial charge is 0.0939 e. The molecule has 5 atom stereocenters. The van der Waals surface area contributed by atoms with Gasteiger partial charge in [-0.05, 0) is 38.5 Å². The van der Waals surface area contributed by atoms with Gasteiger partial charge < -0.3 is 14.2 Å². The predicted molar refractivity (Wildman–Crippen MR) is 71.5 cm³/mol. The maximum atomic E-state index is 6.00. The van der Waals surface area contributed by atoms with Gasteiger partial charge in [0.2, 0.25) is 0 Å². The molecule has 0 aromatic carbocycles. The fraction of sp³-hybridized carbons (Fsp3) is 1.00. The molecule has 5 heteroatoms. The Morgan fingerprint density at radius 2 is 2.16 bits per heavy atom. The highest BCUT2D eigenvalue weighted by molar-refractivity contribution is 4.96. The van der Waals surface area contributed by atoms with Crippen LogP contribution in [0.3, 0.4) is 0 Å². The molecule has 3 N–H and O–H groups in total. The number of nitrogens with two attached hydrogens (primary N) is 1. The molecular weight excluding hydrogens is 244 g/mol. The van der Waals surface area contributed by atoms with Gasteiger partial charge >= 0.3 is 0 Å². The fourth-order valence-electron chi connectivity index (χ4n) is 3.88. The van der Waals surface area contributed by atoms with Gasteiger partial charge in [-0.1, -0.05) is 0 Å². The third-order valence-electron chi connectivity index (χ3n) is 4.96. The Morgan fingerprint density at radius 1 is 1.26 bits per heavy atom. The minimum Gasteiger partial charge on any atom is -0.378 e. The molecule has 1 spiro atoms. The molecule has 0 aromatic heterocycles. The molecule has 3 heterocycles. The lowest BCUT2D eigenvalue weighted by molar-refractivity contribution is -0.111. The maximum Gasteiger partial charge on any atom is 0.0939 e. The molecule has 110 valence electrons. The van der Waals surface area contributed by atoms with E-state index in [0.717, 1.165) is 51.9 Å². The fourth-order valence-corrected chi connectivity index (χ4v) is 3.88. The molecule has 19 heavy (non-hydrogen) atoms. The van der Waals surface area contributed by atoms with Crippen molar-refractivity contribution in [3.63, 3.8) is 0 Å². The average Bonchev–Trinajstić information content (AvgIpc) is 3.01. The summed E-state index contributed by atoms with van der Waals surface area (Å²) in [6.07, 6.45) is 5.98. The van der Waals surface area contributed by atoms with Crippen LogP contribution in [0.25, 0.3) is 0 Å². The van der Waals surface area contributed by atoms with E-state index >= 15 is 0 Å². The first-order valence-corrected chi connectivity index (χ1v) is 7.56. The number of rotatable bonds is 3. The first-order chi connectivity index (χ1) is 9.22. The van der Waals surface area contributed by atoms with Crippen LogP contribution in [0.4, 0.5) is 0 Å². The summed E-state index contributed by atoms with van der Waals surface area (Å²) in [7, 11) is 0. The summed E-state index contributed by atoms with van der Waals surface area (Å²) in [5.41, 5.74) is 2.97. The first kappa shape index (κ1) is 13.8. The molecular formula is C14H26N2O3. The Balaban J connectivity index is 1.65. The van der Waals surface area contributed by atoms with E-state index in [4.69, 9.17) is 20.1 Å². The molecule has 0 amide bonds. The van der Waals surface area contributed by atoms with E-state index in [1.165, 1.54) is 0 Å². The monoisotopic (exact) mass is 270 g/mol. The summed E-state index contributed by atoms with van der Waals surface area (Å²) in [5.74, 6) is 6.34. The van der Waals surface area contributed by atoms with Gasteiger partial charge in [-0.2, -0.15) is 0 Å². The van der Waals surface area contributed by atoms with Crippen molar-refractivity contribution in [3.05, 3.63) is 0 Å². The van der Waals surface area contributed by atoms with Crippen molar-refractivity contribution in [1.29, 1.82) is 0 Å². The Kier molecular flexibility index (Phi) is 4.10. The van der Waals surface area contributed by atoms with Crippen LogP contribution < -0.4 is 11.3 Å². The van der Waals surface area contributed by atoms with Crippen molar-refractivity contribution in [2.75, 3.05) is 19.8 Å². The van der Waals surface area contributed by atoms with Gasteiger partial charge in [0, 0.05) is 19.6 Å². The quantitative estimate of drug-likeness (QED) is 0.591. The van der Waals surface area contributed by atoms with Gasteiger partial charge in [-0.3, -0.25) is 11.3 Å². The normalized spacial score (nSPS) is 44.8. The summed E-state index contributed by atoms with van der Waals surface area (Å²) < 4.78 is 17.5. The summed E-state index contributed by atoms with van der Waals surface area (Å²) in [4.78, 5) is 0. The summed E-state index contributed by atoms with van der Waals surface area (Å²) in [5, 5.41) is 0. The van der Waals surface area contributed by atoms with Crippen molar-refractivity contribution in [3.8, 4) is 0 Å². The van der Waals surface area contributed by atoms with Gasteiger partial charge in [0.1, 0.15) is 0 Å². The van der Waals surface area contributed by atoms with Crippen LogP contribution in [0.5, 0.6) is 0 Å². The minimum atomic E-state index is -0.0533. The molecule has 0 bridgehead atoms. The molecule has 3 aliphatic heterocycles. The van der Waals surface area contributed by atoms with Crippen molar-refractivity contribution in [1.82, 2.24) is 5.43 Å². The molecule has 5 nitrogen and oxygen atoms in total. The Hall–Kier alpha value is -0.200. The topological polar surface area (TPSA) is 65.7 Å². The molecule has 3 rings (SSSR count). The summed E-state index contributed by atoms with van der Waals surface area (Å²) in [6.45, 7) is 4.52. The number of hydrogen-bond acceptors (Lipinski definition) is 5. The van der Waals surface area contributed by atoms with E-state index < -0.39 is 0 Å². The van der Waals surface area contributed by atoms with E-state index in [1.54, 1.807) is 0 Å². The van der Waals surface area contributed by atoms with E-state index in [2.05, 4.69) is 12.3 Å². The maximum absolute atomic E-state index is 6.00. The predicted octanol–water partition coefficient (Wildman–Crippen LogP) is 0.972. The van der Waals surface area contributed by atoms with Crippen LogP contribution in [-0.4, -0.2) is 43.7 Å². The zero-order valence-electron chi connectivity index (χ0n) is 11.8. The number of hydrogen-bond donors (Lipinski definition) is 2. The van der Waals surface area contributed by atoms with Gasteiger partial charge in [0.05, 0.1) is 30.5 Å². The van der Waals surface area contributed by atoms with Crippen molar-refractivity contribution < 1.29 is 14.2 Å². The first-order valence-electron chi connectivity index (χ1n) is 7.56. The second kappa shape index (κ2) is 5.66. The summed E-state index contributed by atoms with van der Waals surface area (Å²) >= 11 is 0. The Bertz CT molecular complexity index is 307. The molecule has 3 saturated heterocycles. The highest BCUT2D eigenvalue weighted by Gasteiger charge is 2.45. The van der Waals surface area contributed by atoms with Gasteiger partial charge in [-0.25, -0.2) is 0 Å². The second-order valence-electron chi connectivity index (χ2n) is 6.34. The van der Waals surface area contributed by atoms with Crippen molar-refractivity contribution >= 4 is 0 Å². The van der Waals surface area contributed by atoms with Crippen molar-refractivity contribution in [2.24, 2.45) is 11.8 Å². The van der Waals surface area contributed by atoms with E-state index in [0.29, 0.717) is 12.0 Å². The van der Waals surface area contributed by atoms with Crippen molar-refractivity contribution in [2.45, 2.75) is 62.9 Å². The highest BCUT2D eigenvalue weighted by atomic mass is 16.6. The van der Waals surface area contributed by atoms with Crippen LogP contribution in [0.2, 0.25) is 0 Å². The highest BCUT2D eigenvalue weighted by Crippen LogP contribution is 2.39. The van der Waals surface area contributed by atoms with Crippen LogP contribution in [0.15, 0.2) is 0 Å². The van der Waals surface area contributed by atoms with Gasteiger partial charge in [0.25, 0.3) is 0 Å². The van der Waals surface area contributed by atoms with E-state index in [1.807, 2.05) is 0 Å². The lowest BCUT2D eigenvalue weighted by Gasteiger charge is -2.41. The average molecular weight is 270 g/mol. The second-order valence-corrected chi connectivity index (χ2v) is 6.34. The number of hydrazine groups is 1. The Morgan fingerprint density at radius 3 is 2.79 bits per heavy atom. The zero-order valence-corrected chi connectivity index (χ0v) is 11.8. The van der Waals surface area contributed by atoms with Crippen LogP contribution >= 0.6 is 0 Å². The third kappa shape index (κ3) is 2.81. The number of nitrogens with one attached hydrogen (secondary N) is 1. The molecule has 0 aliphatic carbocycles.